The van der Waals surface area contributed by atoms with E-state index in [4.69, 9.17) is 0 Å². The number of carbonyl (C=O) groups excluding carboxylic acids is 2. The van der Waals surface area contributed by atoms with Crippen LogP contribution in [-0.4, -0.2) is 47.8 Å². The van der Waals surface area contributed by atoms with Gasteiger partial charge in [-0.05, 0) is 43.6 Å². The Bertz CT molecular complexity index is 494. The van der Waals surface area contributed by atoms with E-state index in [9.17, 15) is 9.59 Å². The van der Waals surface area contributed by atoms with E-state index in [-0.39, 0.29) is 17.7 Å². The number of amides is 2. The summed E-state index contributed by atoms with van der Waals surface area (Å²) in [5.74, 6) is 0.347. The fraction of sp³-hybridized carbons (Fsp3) is 0.625. The van der Waals surface area contributed by atoms with Crippen molar-refractivity contribution >= 4 is 23.2 Å². The number of piperidine rings is 2. The molecule has 1 aromatic heterocycles. The highest BCUT2D eigenvalue weighted by Gasteiger charge is 2.32. The first-order chi connectivity index (χ1) is 10.3. The normalized spacial score (nSPS) is 23.1. The zero-order valence-corrected chi connectivity index (χ0v) is 13.1. The van der Waals surface area contributed by atoms with Gasteiger partial charge in [-0.1, -0.05) is 6.07 Å². The summed E-state index contributed by atoms with van der Waals surface area (Å²) in [7, 11) is 0. The maximum atomic E-state index is 12.6. The third kappa shape index (κ3) is 3.28. The third-order valence-corrected chi connectivity index (χ3v) is 5.32. The molecule has 0 aromatic carbocycles. The lowest BCUT2D eigenvalue weighted by atomic mass is 9.95. The van der Waals surface area contributed by atoms with Gasteiger partial charge in [0.1, 0.15) is 0 Å². The maximum absolute atomic E-state index is 12.6. The van der Waals surface area contributed by atoms with Crippen molar-refractivity contribution < 1.29 is 9.59 Å². The first kappa shape index (κ1) is 14.6. The van der Waals surface area contributed by atoms with Crippen molar-refractivity contribution in [2.24, 2.45) is 5.92 Å². The minimum absolute atomic E-state index is 0.000706. The molecule has 1 unspecified atom stereocenters. The number of hydrogen-bond donors (Lipinski definition) is 0. The molecule has 21 heavy (non-hydrogen) atoms. The van der Waals surface area contributed by atoms with Gasteiger partial charge in [0.05, 0.1) is 10.8 Å². The Morgan fingerprint density at radius 3 is 2.52 bits per heavy atom. The first-order valence-electron chi connectivity index (χ1n) is 7.87. The van der Waals surface area contributed by atoms with Crippen molar-refractivity contribution in [1.82, 2.24) is 9.80 Å². The summed E-state index contributed by atoms with van der Waals surface area (Å²) in [6, 6.07) is 3.77. The maximum Gasteiger partial charge on any atom is 0.263 e. The number of rotatable bonds is 2. The Balaban J connectivity index is 1.62. The molecule has 0 radical (unpaired) electrons. The van der Waals surface area contributed by atoms with Gasteiger partial charge < -0.3 is 9.80 Å². The Hall–Kier alpha value is -1.36. The lowest BCUT2D eigenvalue weighted by molar-refractivity contribution is -0.137. The number of nitrogens with zero attached hydrogens (tertiary/aromatic N) is 2. The van der Waals surface area contributed by atoms with Gasteiger partial charge in [-0.3, -0.25) is 9.59 Å². The Labute approximate surface area is 129 Å². The van der Waals surface area contributed by atoms with E-state index in [1.54, 1.807) is 0 Å². The second-order valence-electron chi connectivity index (χ2n) is 5.95. The van der Waals surface area contributed by atoms with Gasteiger partial charge in [-0.25, -0.2) is 0 Å². The summed E-state index contributed by atoms with van der Waals surface area (Å²) in [6.07, 6.45) is 5.33. The molecule has 0 spiro atoms. The molecule has 3 heterocycles. The molecule has 2 aliphatic rings. The SMILES string of the molecule is O=C(c1cccs1)N1CCCC(C(=O)N2CCCCC2)C1. The predicted octanol–water partition coefficient (Wildman–Crippen LogP) is 2.61. The van der Waals surface area contributed by atoms with Crippen LogP contribution in [0, 0.1) is 5.92 Å². The molecule has 2 aliphatic heterocycles. The zero-order valence-electron chi connectivity index (χ0n) is 12.3. The smallest absolute Gasteiger partial charge is 0.263 e. The van der Waals surface area contributed by atoms with Gasteiger partial charge in [0.15, 0.2) is 0 Å². The Kier molecular flexibility index (Phi) is 4.58. The number of carbonyl (C=O) groups is 2. The van der Waals surface area contributed by atoms with Crippen LogP contribution >= 0.6 is 11.3 Å². The first-order valence-corrected chi connectivity index (χ1v) is 8.75. The zero-order chi connectivity index (χ0) is 14.7. The number of likely N-dealkylation sites (tertiary alicyclic amines) is 2. The molecule has 1 atom stereocenters. The summed E-state index contributed by atoms with van der Waals surface area (Å²) in [5, 5.41) is 1.92. The van der Waals surface area contributed by atoms with Crippen LogP contribution in [0.1, 0.15) is 41.8 Å². The molecule has 0 aliphatic carbocycles. The average Bonchev–Trinajstić information content (AvgIpc) is 3.09. The van der Waals surface area contributed by atoms with Crippen LogP contribution in [0.3, 0.4) is 0 Å². The quantitative estimate of drug-likeness (QED) is 0.843. The van der Waals surface area contributed by atoms with Crippen LogP contribution in [0.25, 0.3) is 0 Å². The summed E-state index contributed by atoms with van der Waals surface area (Å²) >= 11 is 1.48. The molecule has 3 rings (SSSR count). The van der Waals surface area contributed by atoms with Crippen molar-refractivity contribution in [3.05, 3.63) is 22.4 Å². The predicted molar refractivity (Wildman–Crippen MR) is 83.4 cm³/mol. The van der Waals surface area contributed by atoms with Gasteiger partial charge in [0.25, 0.3) is 5.91 Å². The van der Waals surface area contributed by atoms with E-state index in [2.05, 4.69) is 0 Å². The molecule has 0 bridgehead atoms. The van der Waals surface area contributed by atoms with Crippen LogP contribution in [-0.2, 0) is 4.79 Å². The van der Waals surface area contributed by atoms with Crippen molar-refractivity contribution in [2.45, 2.75) is 32.1 Å². The minimum Gasteiger partial charge on any atom is -0.342 e. The van der Waals surface area contributed by atoms with Crippen LogP contribution < -0.4 is 0 Å². The van der Waals surface area contributed by atoms with Crippen molar-refractivity contribution in [3.63, 3.8) is 0 Å². The van der Waals surface area contributed by atoms with Gasteiger partial charge in [0, 0.05) is 26.2 Å². The molecular weight excluding hydrogens is 284 g/mol. The molecule has 0 N–H and O–H groups in total. The molecule has 2 fully saturated rings. The van der Waals surface area contributed by atoms with Gasteiger partial charge >= 0.3 is 0 Å². The van der Waals surface area contributed by atoms with Crippen LogP contribution in [0.4, 0.5) is 0 Å². The van der Waals surface area contributed by atoms with E-state index in [0.717, 1.165) is 50.2 Å². The highest BCUT2D eigenvalue weighted by Crippen LogP contribution is 2.23. The second kappa shape index (κ2) is 6.60. The van der Waals surface area contributed by atoms with Gasteiger partial charge in [-0.15, -0.1) is 11.3 Å². The average molecular weight is 306 g/mol. The molecule has 5 heteroatoms. The second-order valence-corrected chi connectivity index (χ2v) is 6.90. The Morgan fingerprint density at radius 2 is 1.81 bits per heavy atom. The summed E-state index contributed by atoms with van der Waals surface area (Å²) < 4.78 is 0. The molecule has 4 nitrogen and oxygen atoms in total. The molecule has 1 aromatic rings. The summed E-state index contributed by atoms with van der Waals surface area (Å²) in [6.45, 7) is 3.16. The molecule has 2 saturated heterocycles. The molecule has 114 valence electrons. The van der Waals surface area contributed by atoms with Gasteiger partial charge in [0.2, 0.25) is 5.91 Å². The molecule has 2 amide bonds. The number of hydrogen-bond acceptors (Lipinski definition) is 3. The molecular formula is C16H22N2O2S. The van der Waals surface area contributed by atoms with Gasteiger partial charge in [-0.2, -0.15) is 0 Å². The molecule has 0 saturated carbocycles. The van der Waals surface area contributed by atoms with Crippen molar-refractivity contribution in [2.75, 3.05) is 26.2 Å². The van der Waals surface area contributed by atoms with E-state index in [1.165, 1.54) is 17.8 Å². The number of thiophene rings is 1. The monoisotopic (exact) mass is 306 g/mol. The standard InChI is InChI=1S/C16H22N2O2S/c19-15(17-8-2-1-3-9-17)13-6-4-10-18(12-13)16(20)14-7-5-11-21-14/h5,7,11,13H,1-4,6,8-10,12H2. The summed E-state index contributed by atoms with van der Waals surface area (Å²) in [5.41, 5.74) is 0. The third-order valence-electron chi connectivity index (χ3n) is 4.46. The largest absolute Gasteiger partial charge is 0.342 e. The lowest BCUT2D eigenvalue weighted by Gasteiger charge is -2.36. The van der Waals surface area contributed by atoms with Crippen molar-refractivity contribution in [1.29, 1.82) is 0 Å². The van der Waals surface area contributed by atoms with Crippen LogP contribution in [0.5, 0.6) is 0 Å². The van der Waals surface area contributed by atoms with E-state index in [0.29, 0.717) is 6.54 Å². The fourth-order valence-corrected chi connectivity index (χ4v) is 3.98. The summed E-state index contributed by atoms with van der Waals surface area (Å²) in [4.78, 5) is 29.7. The van der Waals surface area contributed by atoms with Crippen molar-refractivity contribution in [3.8, 4) is 0 Å². The van der Waals surface area contributed by atoms with Crippen LogP contribution in [0.2, 0.25) is 0 Å². The Morgan fingerprint density at radius 1 is 1.05 bits per heavy atom. The fourth-order valence-electron chi connectivity index (χ4n) is 3.29. The van der Waals surface area contributed by atoms with E-state index < -0.39 is 0 Å². The van der Waals surface area contributed by atoms with Crippen LogP contribution in [0.15, 0.2) is 17.5 Å². The topological polar surface area (TPSA) is 40.6 Å². The minimum atomic E-state index is 0.000706. The lowest BCUT2D eigenvalue weighted by Crippen LogP contribution is -2.47. The van der Waals surface area contributed by atoms with E-state index >= 15 is 0 Å². The van der Waals surface area contributed by atoms with E-state index in [1.807, 2.05) is 27.3 Å². The highest BCUT2D eigenvalue weighted by atomic mass is 32.1. The highest BCUT2D eigenvalue weighted by molar-refractivity contribution is 7.12.